The van der Waals surface area contributed by atoms with E-state index < -0.39 is 0 Å². The van der Waals surface area contributed by atoms with E-state index in [4.69, 9.17) is 9.73 Å². The highest BCUT2D eigenvalue weighted by Crippen LogP contribution is 2.53. The number of ether oxygens (including phenoxy) is 1. The number of hydrogen-bond donors (Lipinski definition) is 2. The van der Waals surface area contributed by atoms with Gasteiger partial charge in [-0.05, 0) is 30.5 Å². The van der Waals surface area contributed by atoms with Gasteiger partial charge in [-0.15, -0.1) is 0 Å². The molecule has 0 radical (unpaired) electrons. The van der Waals surface area contributed by atoms with Gasteiger partial charge in [0.15, 0.2) is 0 Å². The number of nitrogens with one attached hydrogen (secondary N) is 2. The van der Waals surface area contributed by atoms with Gasteiger partial charge in [-0.2, -0.15) is 0 Å². The maximum Gasteiger partial charge on any atom is 0.128 e. The molecule has 5 nitrogen and oxygen atoms in total. The first-order valence-corrected chi connectivity index (χ1v) is 8.93. The molecular weight excluding hydrogens is 312 g/mol. The van der Waals surface area contributed by atoms with Crippen molar-refractivity contribution in [2.75, 3.05) is 14.2 Å². The summed E-state index contributed by atoms with van der Waals surface area (Å²) in [7, 11) is 3.72. The topological polar surface area (TPSA) is 58.0 Å². The van der Waals surface area contributed by atoms with Gasteiger partial charge in [0.2, 0.25) is 0 Å². The molecule has 1 aromatic rings. The van der Waals surface area contributed by atoms with Gasteiger partial charge in [-0.1, -0.05) is 18.6 Å². The fraction of sp³-hybridized carbons (Fsp3) is 0.400. The van der Waals surface area contributed by atoms with Crippen LogP contribution in [0.25, 0.3) is 5.70 Å². The molecule has 0 bridgehead atoms. The van der Waals surface area contributed by atoms with Crippen LogP contribution in [-0.2, 0) is 5.41 Å². The lowest BCUT2D eigenvalue weighted by molar-refractivity contribution is 0.338. The molecule has 3 heterocycles. The Hall–Kier alpha value is -2.56. The molecule has 128 valence electrons. The Labute approximate surface area is 147 Å². The quantitative estimate of drug-likeness (QED) is 0.874. The second-order valence-electron chi connectivity index (χ2n) is 7.18. The van der Waals surface area contributed by atoms with Crippen molar-refractivity contribution in [3.63, 3.8) is 0 Å². The largest absolute Gasteiger partial charge is 0.496 e. The van der Waals surface area contributed by atoms with E-state index in [1.54, 1.807) is 7.11 Å². The smallest absolute Gasteiger partial charge is 0.128 e. The fourth-order valence-corrected chi connectivity index (χ4v) is 4.50. The van der Waals surface area contributed by atoms with Crippen LogP contribution < -0.4 is 15.4 Å². The SMILES string of the molecule is CNC1=Nc2cc(C3=CC4C=CN=CC4N3)c(OC)cc2C12CCC2. The van der Waals surface area contributed by atoms with Gasteiger partial charge >= 0.3 is 0 Å². The standard InChI is InChI=1S/C20H22N4O/c1-21-19-20(5-3-6-20)14-10-18(25-2)13(9-16(14)24-19)15-8-12-4-7-22-11-17(12)23-15/h4,7-12,17,23H,3,5-6H2,1-2H3,(H,21,24). The van der Waals surface area contributed by atoms with Crippen molar-refractivity contribution in [3.05, 3.63) is 41.6 Å². The number of rotatable bonds is 2. The monoisotopic (exact) mass is 334 g/mol. The number of hydrogen-bond acceptors (Lipinski definition) is 5. The summed E-state index contributed by atoms with van der Waals surface area (Å²) in [4.78, 5) is 9.14. The molecule has 2 atom stereocenters. The normalized spacial score (nSPS) is 27.1. The lowest BCUT2D eigenvalue weighted by Gasteiger charge is -2.40. The van der Waals surface area contributed by atoms with Crippen LogP contribution in [-0.4, -0.2) is 32.2 Å². The molecule has 1 saturated carbocycles. The summed E-state index contributed by atoms with van der Waals surface area (Å²) in [6.45, 7) is 0. The first-order valence-electron chi connectivity index (χ1n) is 8.93. The first kappa shape index (κ1) is 14.8. The average Bonchev–Trinajstić information content (AvgIpc) is 3.18. The number of fused-ring (bicyclic) bond motifs is 3. The molecule has 0 saturated heterocycles. The van der Waals surface area contributed by atoms with Crippen LogP contribution in [0, 0.1) is 5.92 Å². The third kappa shape index (κ3) is 1.95. The van der Waals surface area contributed by atoms with E-state index in [2.05, 4.69) is 39.9 Å². The number of nitrogens with zero attached hydrogens (tertiary/aromatic N) is 2. The van der Waals surface area contributed by atoms with Crippen LogP contribution in [0.3, 0.4) is 0 Å². The van der Waals surface area contributed by atoms with Gasteiger partial charge in [0.05, 0.1) is 24.3 Å². The molecule has 3 aliphatic heterocycles. The molecule has 0 amide bonds. The van der Waals surface area contributed by atoms with E-state index in [0.29, 0.717) is 5.92 Å². The molecular formula is C20H22N4O. The highest BCUT2D eigenvalue weighted by atomic mass is 16.5. The van der Waals surface area contributed by atoms with Crippen molar-refractivity contribution < 1.29 is 4.74 Å². The van der Waals surface area contributed by atoms with Crippen molar-refractivity contribution >= 4 is 23.4 Å². The molecule has 25 heavy (non-hydrogen) atoms. The maximum absolute atomic E-state index is 5.76. The summed E-state index contributed by atoms with van der Waals surface area (Å²) in [5, 5.41) is 6.89. The Balaban J connectivity index is 1.60. The van der Waals surface area contributed by atoms with Crippen LogP contribution in [0.2, 0.25) is 0 Å². The van der Waals surface area contributed by atoms with Gasteiger partial charge < -0.3 is 15.4 Å². The van der Waals surface area contributed by atoms with Gasteiger partial charge in [0, 0.05) is 36.6 Å². The molecule has 2 N–H and O–H groups in total. The lowest BCUT2D eigenvalue weighted by atomic mass is 9.64. The van der Waals surface area contributed by atoms with Crippen LogP contribution in [0.15, 0.2) is 40.5 Å². The highest BCUT2D eigenvalue weighted by Gasteiger charge is 2.48. The summed E-state index contributed by atoms with van der Waals surface area (Å²) < 4.78 is 5.76. The summed E-state index contributed by atoms with van der Waals surface area (Å²) in [5.41, 5.74) is 4.63. The molecule has 0 aromatic heterocycles. The fourth-order valence-electron chi connectivity index (χ4n) is 4.50. The second-order valence-corrected chi connectivity index (χ2v) is 7.18. The second kappa shape index (κ2) is 5.22. The van der Waals surface area contributed by atoms with E-state index in [1.165, 1.54) is 12.0 Å². The molecule has 2 unspecified atom stereocenters. The molecule has 5 heteroatoms. The van der Waals surface area contributed by atoms with Crippen LogP contribution >= 0.6 is 0 Å². The van der Waals surface area contributed by atoms with Gasteiger partial charge in [0.1, 0.15) is 11.6 Å². The van der Waals surface area contributed by atoms with E-state index in [0.717, 1.165) is 41.4 Å². The van der Waals surface area contributed by atoms with Crippen LogP contribution in [0.4, 0.5) is 5.69 Å². The van der Waals surface area contributed by atoms with Crippen molar-refractivity contribution in [3.8, 4) is 5.75 Å². The van der Waals surface area contributed by atoms with Gasteiger partial charge in [0.25, 0.3) is 0 Å². The third-order valence-electron chi connectivity index (χ3n) is 5.99. The van der Waals surface area contributed by atoms with Crippen molar-refractivity contribution in [2.24, 2.45) is 15.9 Å². The number of aliphatic imine (C=N–C) groups is 2. The Morgan fingerprint density at radius 1 is 1.32 bits per heavy atom. The van der Waals surface area contributed by atoms with E-state index >= 15 is 0 Å². The summed E-state index contributed by atoms with van der Waals surface area (Å²) in [5.74, 6) is 2.36. The van der Waals surface area contributed by atoms with Gasteiger partial charge in [-0.25, -0.2) is 4.99 Å². The number of amidine groups is 1. The number of benzene rings is 1. The Morgan fingerprint density at radius 2 is 2.20 bits per heavy atom. The summed E-state index contributed by atoms with van der Waals surface area (Å²) in [6, 6.07) is 4.61. The van der Waals surface area contributed by atoms with E-state index in [9.17, 15) is 0 Å². The predicted octanol–water partition coefficient (Wildman–Crippen LogP) is 2.91. The minimum atomic E-state index is 0.0801. The van der Waals surface area contributed by atoms with Crippen molar-refractivity contribution in [1.29, 1.82) is 0 Å². The third-order valence-corrected chi connectivity index (χ3v) is 5.99. The highest BCUT2D eigenvalue weighted by molar-refractivity contribution is 6.01. The molecule has 4 aliphatic rings. The first-order chi connectivity index (χ1) is 12.2. The Bertz CT molecular complexity index is 861. The zero-order valence-electron chi connectivity index (χ0n) is 14.5. The van der Waals surface area contributed by atoms with Crippen molar-refractivity contribution in [2.45, 2.75) is 30.7 Å². The number of likely N-dealkylation sites (N-methyl/N-ethyl adjacent to an activating group) is 1. The van der Waals surface area contributed by atoms with Crippen molar-refractivity contribution in [1.82, 2.24) is 10.6 Å². The zero-order valence-corrected chi connectivity index (χ0v) is 14.5. The van der Waals surface area contributed by atoms with E-state index in [1.807, 2.05) is 19.5 Å². The lowest BCUT2D eigenvalue weighted by Crippen LogP contribution is -2.45. The average molecular weight is 334 g/mol. The molecule has 5 rings (SSSR count). The summed E-state index contributed by atoms with van der Waals surface area (Å²) in [6.07, 6.45) is 11.8. The molecule has 1 aromatic carbocycles. The van der Waals surface area contributed by atoms with Gasteiger partial charge in [-0.3, -0.25) is 4.99 Å². The minimum absolute atomic E-state index is 0.0801. The maximum atomic E-state index is 5.76. The summed E-state index contributed by atoms with van der Waals surface area (Å²) >= 11 is 0. The van der Waals surface area contributed by atoms with Crippen LogP contribution in [0.5, 0.6) is 5.75 Å². The predicted molar refractivity (Wildman–Crippen MR) is 101 cm³/mol. The Morgan fingerprint density at radius 3 is 2.88 bits per heavy atom. The molecule has 1 fully saturated rings. The zero-order chi connectivity index (χ0) is 17.0. The minimum Gasteiger partial charge on any atom is -0.496 e. The Kier molecular flexibility index (Phi) is 3.08. The van der Waals surface area contributed by atoms with E-state index in [-0.39, 0.29) is 11.5 Å². The molecule has 1 aliphatic carbocycles. The number of methoxy groups -OCH3 is 1. The molecule has 1 spiro atoms. The van der Waals surface area contributed by atoms with Crippen LogP contribution in [0.1, 0.15) is 30.4 Å².